The molecular weight excluding hydrogens is 593 g/mol. The molecule has 1 aliphatic rings. The molecule has 220 valence electrons. The van der Waals surface area contributed by atoms with E-state index in [0.29, 0.717) is 28.3 Å². The Hall–Kier alpha value is -4.12. The fraction of sp³-hybridized carbons (Fsp3) is 0.348. The van der Waals surface area contributed by atoms with Gasteiger partial charge in [0, 0.05) is 37.6 Å². The van der Waals surface area contributed by atoms with Crippen LogP contribution in [-0.4, -0.2) is 79.1 Å². The van der Waals surface area contributed by atoms with Gasteiger partial charge in [-0.1, -0.05) is 11.6 Å². The Kier molecular flexibility index (Phi) is 7.79. The lowest BCUT2D eigenvalue weighted by atomic mass is 10.1. The molecule has 1 aliphatic heterocycles. The maximum atomic E-state index is 13.1. The van der Waals surface area contributed by atoms with Gasteiger partial charge in [0.1, 0.15) is 17.7 Å². The number of carbonyl (C=O) groups excluding carboxylic acids is 1. The fourth-order valence-corrected chi connectivity index (χ4v) is 5.92. The molecule has 13 nitrogen and oxygen atoms in total. The Morgan fingerprint density at radius 3 is 2.61 bits per heavy atom. The fourth-order valence-electron chi connectivity index (χ4n) is 4.28. The number of aromatic nitrogens is 5. The van der Waals surface area contributed by atoms with Crippen molar-refractivity contribution in [3.63, 3.8) is 0 Å². The lowest BCUT2D eigenvalue weighted by Gasteiger charge is -2.39. The number of imidazole rings is 1. The molecule has 0 saturated carbocycles. The van der Waals surface area contributed by atoms with Crippen molar-refractivity contribution in [3.8, 4) is 0 Å². The van der Waals surface area contributed by atoms with Crippen LogP contribution < -0.4 is 16.0 Å². The van der Waals surface area contributed by atoms with Crippen molar-refractivity contribution >= 4 is 56.1 Å². The van der Waals surface area contributed by atoms with Gasteiger partial charge in [0.2, 0.25) is 0 Å². The van der Waals surface area contributed by atoms with Gasteiger partial charge in [-0.05, 0) is 26.0 Å². The maximum Gasteiger partial charge on any atom is 0.490 e. The Morgan fingerprint density at radius 2 is 1.98 bits per heavy atom. The summed E-state index contributed by atoms with van der Waals surface area (Å²) in [7, 11) is -3.24. The number of hydrogen-bond donors (Lipinski definition) is 3. The van der Waals surface area contributed by atoms with E-state index in [1.165, 1.54) is 4.52 Å². The summed E-state index contributed by atoms with van der Waals surface area (Å²) in [5.41, 5.74) is 7.91. The maximum absolute atomic E-state index is 13.1. The molecule has 0 aromatic carbocycles. The standard InChI is InChI=1S/C21H23ClN8O3S.C2HF3O2/c1-21(2)11-28(6-7-34(21,32)33)20-13(8-14(22)15-10-24-12-29(15)20)9-26-19(31)16-17(23)27-30-5-3-4-25-18(16)30;3-2(4,5)1(6)7/h3-5,8,10,12H,6-7,9,11H2,1-2H3,(H2,23,27)(H,26,31);(H,6,7). The quantitative estimate of drug-likeness (QED) is 0.308. The van der Waals surface area contributed by atoms with Gasteiger partial charge in [-0.25, -0.2) is 27.7 Å². The monoisotopic (exact) mass is 616 g/mol. The Morgan fingerprint density at radius 1 is 1.29 bits per heavy atom. The van der Waals surface area contributed by atoms with E-state index < -0.39 is 32.6 Å². The van der Waals surface area contributed by atoms with Gasteiger partial charge in [0.15, 0.2) is 21.3 Å². The molecule has 1 fully saturated rings. The van der Waals surface area contributed by atoms with Crippen LogP contribution in [0.1, 0.15) is 29.8 Å². The summed E-state index contributed by atoms with van der Waals surface area (Å²) < 4.78 is 59.2. The number of aliphatic carboxylic acids is 1. The molecule has 4 aromatic heterocycles. The largest absolute Gasteiger partial charge is 0.490 e. The van der Waals surface area contributed by atoms with Gasteiger partial charge in [0.05, 0.1) is 27.2 Å². The first-order valence-electron chi connectivity index (χ1n) is 11.8. The molecule has 0 spiro atoms. The molecule has 0 bridgehead atoms. The van der Waals surface area contributed by atoms with Crippen LogP contribution in [0.5, 0.6) is 0 Å². The number of carboxylic acid groups (broad SMARTS) is 1. The minimum atomic E-state index is -5.08. The van der Waals surface area contributed by atoms with Crippen molar-refractivity contribution in [2.45, 2.75) is 31.3 Å². The SMILES string of the molecule is CC1(C)CN(c2c(CNC(=O)c3c(N)nn4cccnc34)cc(Cl)c3cncn23)CCS1(=O)=O.O=C(O)C(F)(F)F. The summed E-state index contributed by atoms with van der Waals surface area (Å²) in [4.78, 5) is 32.4. The van der Waals surface area contributed by atoms with Gasteiger partial charge in [-0.2, -0.15) is 13.2 Å². The number of rotatable bonds is 4. The molecular formula is C23H24ClF3N8O5S. The molecule has 41 heavy (non-hydrogen) atoms. The minimum Gasteiger partial charge on any atom is -0.475 e. The third-order valence-corrected chi connectivity index (χ3v) is 9.21. The number of carbonyl (C=O) groups is 2. The lowest BCUT2D eigenvalue weighted by molar-refractivity contribution is -0.192. The number of anilines is 2. The van der Waals surface area contributed by atoms with E-state index in [-0.39, 0.29) is 30.2 Å². The van der Waals surface area contributed by atoms with Crippen LogP contribution in [0.2, 0.25) is 5.02 Å². The zero-order chi connectivity index (χ0) is 30.3. The van der Waals surface area contributed by atoms with Crippen molar-refractivity contribution in [1.29, 1.82) is 0 Å². The summed E-state index contributed by atoms with van der Waals surface area (Å²) in [6.07, 6.45) is 1.41. The molecule has 5 rings (SSSR count). The summed E-state index contributed by atoms with van der Waals surface area (Å²) >= 11 is 6.50. The Labute approximate surface area is 235 Å². The van der Waals surface area contributed by atoms with E-state index in [9.17, 15) is 26.4 Å². The third-order valence-electron chi connectivity index (χ3n) is 6.37. The van der Waals surface area contributed by atoms with E-state index in [1.807, 2.05) is 9.30 Å². The minimum absolute atomic E-state index is 0.0230. The second-order valence-corrected chi connectivity index (χ2v) is 12.8. The molecule has 1 amide bonds. The number of sulfone groups is 1. The number of pyridine rings is 1. The van der Waals surface area contributed by atoms with Crippen LogP contribution in [0, 0.1) is 0 Å². The van der Waals surface area contributed by atoms with Crippen LogP contribution in [-0.2, 0) is 21.2 Å². The number of nitrogen functional groups attached to an aromatic ring is 1. The van der Waals surface area contributed by atoms with Crippen LogP contribution in [0.4, 0.5) is 24.8 Å². The van der Waals surface area contributed by atoms with E-state index in [1.54, 1.807) is 50.9 Å². The molecule has 4 aromatic rings. The van der Waals surface area contributed by atoms with Crippen LogP contribution in [0.3, 0.4) is 0 Å². The van der Waals surface area contributed by atoms with Crippen LogP contribution in [0.25, 0.3) is 11.2 Å². The average molecular weight is 617 g/mol. The molecule has 0 atom stereocenters. The first kappa shape index (κ1) is 29.9. The van der Waals surface area contributed by atoms with Crippen molar-refractivity contribution < 1.29 is 36.3 Å². The zero-order valence-electron chi connectivity index (χ0n) is 21.6. The second-order valence-electron chi connectivity index (χ2n) is 9.62. The highest BCUT2D eigenvalue weighted by Gasteiger charge is 2.41. The van der Waals surface area contributed by atoms with Crippen molar-refractivity contribution in [2.75, 3.05) is 29.5 Å². The predicted octanol–water partition coefficient (Wildman–Crippen LogP) is 2.19. The topological polar surface area (TPSA) is 177 Å². The van der Waals surface area contributed by atoms with Gasteiger partial charge < -0.3 is 21.1 Å². The lowest BCUT2D eigenvalue weighted by Crippen LogP contribution is -2.53. The van der Waals surface area contributed by atoms with Crippen molar-refractivity contribution in [2.24, 2.45) is 0 Å². The van der Waals surface area contributed by atoms with Crippen LogP contribution >= 0.6 is 11.6 Å². The highest BCUT2D eigenvalue weighted by Crippen LogP contribution is 2.33. The number of nitrogens with one attached hydrogen (secondary N) is 1. The van der Waals surface area contributed by atoms with E-state index in [4.69, 9.17) is 27.2 Å². The number of nitrogens with zero attached hydrogens (tertiary/aromatic N) is 6. The number of carboxylic acids is 1. The van der Waals surface area contributed by atoms with E-state index in [2.05, 4.69) is 20.4 Å². The normalized spacial score (nSPS) is 16.3. The molecule has 0 aliphatic carbocycles. The number of hydrogen-bond acceptors (Lipinski definition) is 9. The Bertz CT molecular complexity index is 1750. The highest BCUT2D eigenvalue weighted by molar-refractivity contribution is 7.92. The number of amides is 1. The van der Waals surface area contributed by atoms with Crippen molar-refractivity contribution in [3.05, 3.63) is 53.2 Å². The molecule has 5 heterocycles. The molecule has 1 saturated heterocycles. The molecule has 18 heteroatoms. The number of alkyl halides is 3. The van der Waals surface area contributed by atoms with Gasteiger partial charge in [-0.15, -0.1) is 5.10 Å². The zero-order valence-corrected chi connectivity index (χ0v) is 23.1. The van der Waals surface area contributed by atoms with E-state index >= 15 is 0 Å². The van der Waals surface area contributed by atoms with Crippen LogP contribution in [0.15, 0.2) is 37.1 Å². The second kappa shape index (κ2) is 10.7. The summed E-state index contributed by atoms with van der Waals surface area (Å²) in [5.74, 6) is -2.36. The van der Waals surface area contributed by atoms with Crippen molar-refractivity contribution in [1.82, 2.24) is 29.3 Å². The van der Waals surface area contributed by atoms with Gasteiger partial charge >= 0.3 is 12.1 Å². The van der Waals surface area contributed by atoms with Gasteiger partial charge in [0.25, 0.3) is 5.91 Å². The average Bonchev–Trinajstić information content (AvgIpc) is 3.49. The molecule has 0 radical (unpaired) electrons. The summed E-state index contributed by atoms with van der Waals surface area (Å²) in [6, 6.07) is 3.46. The smallest absolute Gasteiger partial charge is 0.475 e. The summed E-state index contributed by atoms with van der Waals surface area (Å²) in [6.45, 7) is 4.16. The predicted molar refractivity (Wildman–Crippen MR) is 143 cm³/mol. The molecule has 4 N–H and O–H groups in total. The first-order valence-corrected chi connectivity index (χ1v) is 13.8. The first-order chi connectivity index (χ1) is 19.0. The Balaban J connectivity index is 0.000000493. The van der Waals surface area contributed by atoms with E-state index in [0.717, 1.165) is 5.82 Å². The third kappa shape index (κ3) is 5.85. The highest BCUT2D eigenvalue weighted by atomic mass is 35.5. The number of fused-ring (bicyclic) bond motifs is 2. The van der Waals surface area contributed by atoms with Gasteiger partial charge in [-0.3, -0.25) is 9.20 Å². The summed E-state index contributed by atoms with van der Waals surface area (Å²) in [5, 5.41) is 14.6. The molecule has 0 unspecified atom stereocenters. The number of halogens is 4. The number of nitrogens with two attached hydrogens (primary N) is 1.